The van der Waals surface area contributed by atoms with Gasteiger partial charge in [0.2, 0.25) is 0 Å². The average molecular weight is 967 g/mol. The van der Waals surface area contributed by atoms with Crippen molar-refractivity contribution in [1.82, 2.24) is 0 Å². The number of ether oxygens (including phenoxy) is 15. The lowest BCUT2D eigenvalue weighted by Crippen LogP contribution is -2.38. The summed E-state index contributed by atoms with van der Waals surface area (Å²) in [6.45, 7) is 16.4. The Morgan fingerprint density at radius 3 is 0.672 bits per heavy atom. The lowest BCUT2D eigenvalue weighted by molar-refractivity contribution is -0.186. The van der Waals surface area contributed by atoms with Crippen LogP contribution in [-0.4, -0.2) is 159 Å². The minimum absolute atomic E-state index is 0.211. The van der Waals surface area contributed by atoms with Gasteiger partial charge in [-0.2, -0.15) is 0 Å². The molecule has 10 unspecified atom stereocenters. The van der Waals surface area contributed by atoms with Crippen LogP contribution in [0.4, 0.5) is 9.59 Å². The van der Waals surface area contributed by atoms with Gasteiger partial charge in [-0.05, 0) is 69.2 Å². The average Bonchev–Trinajstić information content (AvgIpc) is 3.25. The second-order valence-electron chi connectivity index (χ2n) is 13.2. The Labute approximate surface area is 382 Å². The molecule has 0 spiro atoms. The van der Waals surface area contributed by atoms with Gasteiger partial charge in [-0.15, -0.1) is 0 Å². The quantitative estimate of drug-likeness (QED) is 0.0455. The predicted molar refractivity (Wildman–Crippen MR) is 212 cm³/mol. The summed E-state index contributed by atoms with van der Waals surface area (Å²) in [5.41, 5.74) is 0. The molecule has 27 heteroatoms. The SMILES string of the molecule is C=COC(=O)OC(C)C(=O)OC(C)C(=O)OC(C)C(=O)OC(C)C(=O)OC(C)C(=O)OCCOCCOC(=O)C(C)OC(=O)C(C)OC(=O)C(C)OC(=O)C(C)OC(=O)C(C)OC(=O)OC=C. The van der Waals surface area contributed by atoms with E-state index < -0.39 is 133 Å². The fourth-order valence-corrected chi connectivity index (χ4v) is 3.86. The van der Waals surface area contributed by atoms with E-state index in [0.717, 1.165) is 81.8 Å². The third kappa shape index (κ3) is 24.0. The molecular weight excluding hydrogens is 912 g/mol. The Balaban J connectivity index is 4.52. The molecule has 10 atom stereocenters. The maximum atomic E-state index is 12.4. The molecule has 0 fully saturated rings. The van der Waals surface area contributed by atoms with Crippen LogP contribution < -0.4 is 0 Å². The standard InChI is InChI=1S/C40H54O27/c1-13-54-39(51)66-27(11)37(49)64-25(9)35(47)62-23(7)33(45)60-21(5)31(43)58-19(3)29(41)56-17-15-53-16-18-57-30(42)20(4)59-32(44)22(6)61-34(46)24(8)63-36(48)26(10)65-38(50)28(12)67-40(52)55-14-2/h13-14,19-28H,1-2,15-18H2,3-12H3. The van der Waals surface area contributed by atoms with Gasteiger partial charge >= 0.3 is 72.0 Å². The first kappa shape index (κ1) is 59.7. The Morgan fingerprint density at radius 2 is 0.478 bits per heavy atom. The van der Waals surface area contributed by atoms with Crippen LogP contribution in [0.3, 0.4) is 0 Å². The number of hydrogen-bond donors (Lipinski definition) is 0. The first-order valence-corrected chi connectivity index (χ1v) is 19.8. The molecule has 27 nitrogen and oxygen atoms in total. The van der Waals surface area contributed by atoms with Crippen LogP contribution >= 0.6 is 0 Å². The zero-order valence-electron chi connectivity index (χ0n) is 38.2. The van der Waals surface area contributed by atoms with E-state index in [1.807, 2.05) is 0 Å². The molecule has 376 valence electrons. The molecule has 0 aromatic rings. The van der Waals surface area contributed by atoms with Gasteiger partial charge in [-0.25, -0.2) is 57.5 Å². The summed E-state index contributed by atoms with van der Waals surface area (Å²) in [6, 6.07) is 0. The normalized spacial score (nSPS) is 15.0. The van der Waals surface area contributed by atoms with E-state index in [1.165, 1.54) is 0 Å². The highest BCUT2D eigenvalue weighted by Gasteiger charge is 2.33. The monoisotopic (exact) mass is 966 g/mol. The lowest BCUT2D eigenvalue weighted by atomic mass is 10.3. The fourth-order valence-electron chi connectivity index (χ4n) is 3.86. The highest BCUT2D eigenvalue weighted by atomic mass is 16.7. The molecule has 0 saturated heterocycles. The minimum Gasteiger partial charge on any atom is -0.461 e. The van der Waals surface area contributed by atoms with Gasteiger partial charge < -0.3 is 71.1 Å². The number of hydrogen-bond acceptors (Lipinski definition) is 27. The zero-order chi connectivity index (χ0) is 51.6. The number of esters is 10. The molecule has 0 aromatic heterocycles. The van der Waals surface area contributed by atoms with E-state index >= 15 is 0 Å². The fraction of sp³-hybridized carbons (Fsp3) is 0.600. The van der Waals surface area contributed by atoms with Gasteiger partial charge in [-0.1, -0.05) is 13.2 Å². The van der Waals surface area contributed by atoms with Gasteiger partial charge in [0.15, 0.2) is 61.0 Å². The Hall–Kier alpha value is -7.32. The zero-order valence-corrected chi connectivity index (χ0v) is 38.2. The van der Waals surface area contributed by atoms with Crippen molar-refractivity contribution < 1.29 is 129 Å². The van der Waals surface area contributed by atoms with Crippen LogP contribution in [0.2, 0.25) is 0 Å². The summed E-state index contributed by atoms with van der Waals surface area (Å²) in [7, 11) is 0. The molecule has 0 radical (unpaired) electrons. The topological polar surface area (TPSA) is 343 Å². The van der Waals surface area contributed by atoms with E-state index in [0.29, 0.717) is 0 Å². The van der Waals surface area contributed by atoms with Crippen LogP contribution in [0.15, 0.2) is 25.7 Å². The minimum atomic E-state index is -1.60. The van der Waals surface area contributed by atoms with Crippen LogP contribution in [0.25, 0.3) is 0 Å². The van der Waals surface area contributed by atoms with Gasteiger partial charge in [0, 0.05) is 0 Å². The summed E-state index contributed by atoms with van der Waals surface area (Å²) >= 11 is 0. The summed E-state index contributed by atoms with van der Waals surface area (Å²) in [6.07, 6.45) is -16.4. The molecule has 67 heavy (non-hydrogen) atoms. The van der Waals surface area contributed by atoms with Crippen LogP contribution in [0, 0.1) is 0 Å². The van der Waals surface area contributed by atoms with E-state index in [1.54, 1.807) is 0 Å². The summed E-state index contributed by atoms with van der Waals surface area (Å²) < 4.78 is 72.0. The highest BCUT2D eigenvalue weighted by Crippen LogP contribution is 2.10. The smallest absolute Gasteiger partial charge is 0.461 e. The van der Waals surface area contributed by atoms with E-state index in [9.17, 15) is 57.5 Å². The third-order valence-corrected chi connectivity index (χ3v) is 7.51. The third-order valence-electron chi connectivity index (χ3n) is 7.51. The van der Waals surface area contributed by atoms with Crippen molar-refractivity contribution in [2.24, 2.45) is 0 Å². The van der Waals surface area contributed by atoms with Crippen LogP contribution in [0.1, 0.15) is 69.2 Å². The second-order valence-corrected chi connectivity index (χ2v) is 13.2. The summed E-state index contributed by atoms with van der Waals surface area (Å²) in [5.74, 6) is -11.5. The molecule has 0 aliphatic heterocycles. The second kappa shape index (κ2) is 30.7. The van der Waals surface area contributed by atoms with Crippen LogP contribution in [-0.2, 0) is 119 Å². The van der Waals surface area contributed by atoms with Gasteiger partial charge in [-0.3, -0.25) is 0 Å². The highest BCUT2D eigenvalue weighted by molar-refractivity contribution is 5.88. The molecule has 0 rings (SSSR count). The van der Waals surface area contributed by atoms with E-state index in [-0.39, 0.29) is 26.4 Å². The van der Waals surface area contributed by atoms with E-state index in [4.69, 9.17) is 52.1 Å². The first-order chi connectivity index (χ1) is 31.2. The number of carbonyl (C=O) groups excluding carboxylic acids is 12. The van der Waals surface area contributed by atoms with Crippen molar-refractivity contribution in [2.45, 2.75) is 130 Å². The molecular formula is C40H54O27. The molecule has 0 aliphatic rings. The largest absolute Gasteiger partial charge is 0.514 e. The number of rotatable bonds is 28. The van der Waals surface area contributed by atoms with Crippen LogP contribution in [0.5, 0.6) is 0 Å². The van der Waals surface area contributed by atoms with Crippen molar-refractivity contribution >= 4 is 72.0 Å². The molecule has 0 saturated carbocycles. The van der Waals surface area contributed by atoms with E-state index in [2.05, 4.69) is 32.1 Å². The van der Waals surface area contributed by atoms with Crippen molar-refractivity contribution in [3.05, 3.63) is 25.7 Å². The molecule has 0 aliphatic carbocycles. The van der Waals surface area contributed by atoms with Crippen molar-refractivity contribution in [1.29, 1.82) is 0 Å². The predicted octanol–water partition coefficient (Wildman–Crippen LogP) is 0.913. The van der Waals surface area contributed by atoms with Crippen molar-refractivity contribution in [3.63, 3.8) is 0 Å². The molecule has 0 aromatic carbocycles. The lowest BCUT2D eigenvalue weighted by Gasteiger charge is -2.20. The first-order valence-electron chi connectivity index (χ1n) is 19.8. The maximum absolute atomic E-state index is 12.4. The molecule has 0 bridgehead atoms. The Morgan fingerprint density at radius 1 is 0.299 bits per heavy atom. The summed E-state index contributed by atoms with van der Waals surface area (Å²) in [5, 5.41) is 0. The Kier molecular flexibility index (Phi) is 27.4. The molecule has 0 heterocycles. The van der Waals surface area contributed by atoms with Gasteiger partial charge in [0.1, 0.15) is 13.2 Å². The number of carbonyl (C=O) groups is 12. The maximum Gasteiger partial charge on any atom is 0.514 e. The Bertz CT molecular complexity index is 1660. The van der Waals surface area contributed by atoms with Crippen molar-refractivity contribution in [2.75, 3.05) is 26.4 Å². The summed E-state index contributed by atoms with van der Waals surface area (Å²) in [4.78, 5) is 145. The molecule has 0 amide bonds. The van der Waals surface area contributed by atoms with Gasteiger partial charge in [0.25, 0.3) is 0 Å². The van der Waals surface area contributed by atoms with Gasteiger partial charge in [0.05, 0.1) is 25.7 Å². The molecule has 0 N–H and O–H groups in total. The van der Waals surface area contributed by atoms with Crippen molar-refractivity contribution in [3.8, 4) is 0 Å².